The third-order valence-corrected chi connectivity index (χ3v) is 3.90. The van der Waals surface area contributed by atoms with Gasteiger partial charge in [0.15, 0.2) is 0 Å². The van der Waals surface area contributed by atoms with E-state index < -0.39 is 74.3 Å². The molecule has 13 heteroatoms. The molecule has 25 heavy (non-hydrogen) atoms. The van der Waals surface area contributed by atoms with E-state index >= 15 is 0 Å². The summed E-state index contributed by atoms with van der Waals surface area (Å²) in [7, 11) is 0. The van der Waals surface area contributed by atoms with Crippen molar-refractivity contribution in [3.05, 3.63) is 0 Å². The summed E-state index contributed by atoms with van der Waals surface area (Å²) in [5.41, 5.74) is 0. The monoisotopic (exact) mass is 380 g/mol. The van der Waals surface area contributed by atoms with Gasteiger partial charge in [-0.05, 0) is 0 Å². The van der Waals surface area contributed by atoms with E-state index in [2.05, 4.69) is 0 Å². The van der Waals surface area contributed by atoms with E-state index in [1.807, 2.05) is 0 Å². The van der Waals surface area contributed by atoms with Gasteiger partial charge in [0.2, 0.25) is 0 Å². The van der Waals surface area contributed by atoms with Crippen LogP contribution in [-0.4, -0.2) is 136 Å². The Hall–Kier alpha value is -0.520. The molecule has 1 rings (SSSR count). The molecule has 0 spiro atoms. The lowest BCUT2D eigenvalue weighted by Gasteiger charge is -2.43. The van der Waals surface area contributed by atoms with Gasteiger partial charge in [0.1, 0.15) is 61.0 Å². The molecule has 0 aromatic rings. The minimum absolute atomic E-state index is 0. The summed E-state index contributed by atoms with van der Waals surface area (Å²) in [6.45, 7) is -1.67. The highest BCUT2D eigenvalue weighted by molar-refractivity contribution is 4.98. The number of hydrogen-bond donors (Lipinski definition) is 10. The molecule has 1 fully saturated rings. The summed E-state index contributed by atoms with van der Waals surface area (Å²) in [5.74, 6) is 0. The van der Waals surface area contributed by atoms with E-state index in [1.165, 1.54) is 0 Å². The second kappa shape index (κ2) is 11.2. The molecule has 10 atom stereocenters. The molecule has 0 radical (unpaired) electrons. The van der Waals surface area contributed by atoms with Crippen molar-refractivity contribution in [2.45, 2.75) is 61.0 Å². The molecule has 154 valence electrons. The average Bonchev–Trinajstić information content (AvgIpc) is 2.56. The zero-order valence-electron chi connectivity index (χ0n) is 13.1. The van der Waals surface area contributed by atoms with Crippen molar-refractivity contribution in [3.8, 4) is 0 Å². The molecular weight excluding hydrogens is 352 g/mol. The maximum Gasteiger partial charge on any atom is 0.115 e. The molecule has 0 aromatic heterocycles. The van der Waals surface area contributed by atoms with Gasteiger partial charge in [-0.3, -0.25) is 0 Å². The van der Waals surface area contributed by atoms with Crippen LogP contribution in [-0.2, 0) is 4.74 Å². The van der Waals surface area contributed by atoms with Crippen LogP contribution in [0.3, 0.4) is 0 Å². The van der Waals surface area contributed by atoms with E-state index in [0.717, 1.165) is 0 Å². The minimum atomic E-state index is -2.13. The topological polar surface area (TPSA) is 275 Å². The summed E-state index contributed by atoms with van der Waals surface area (Å²) in [6.07, 6.45) is -18.4. The van der Waals surface area contributed by atoms with Crippen LogP contribution in [0.5, 0.6) is 0 Å². The summed E-state index contributed by atoms with van der Waals surface area (Å²) >= 11 is 0. The highest BCUT2D eigenvalue weighted by Gasteiger charge is 2.49. The Morgan fingerprint density at radius 3 is 1.68 bits per heavy atom. The lowest BCUT2D eigenvalue weighted by atomic mass is 9.88. The normalized spacial score (nSPS) is 35.5. The van der Waals surface area contributed by atoms with E-state index in [9.17, 15) is 40.9 Å². The molecule has 1 aliphatic rings. The van der Waals surface area contributed by atoms with Crippen molar-refractivity contribution in [1.29, 1.82) is 0 Å². The van der Waals surface area contributed by atoms with E-state index in [4.69, 9.17) is 14.9 Å². The third-order valence-electron chi connectivity index (χ3n) is 3.90. The summed E-state index contributed by atoms with van der Waals surface area (Å²) < 4.78 is 5.01. The maximum absolute atomic E-state index is 9.98. The van der Waals surface area contributed by atoms with Gasteiger partial charge in [0.25, 0.3) is 0 Å². The second-order valence-electron chi connectivity index (χ2n) is 5.51. The van der Waals surface area contributed by atoms with Crippen molar-refractivity contribution < 1.29 is 66.8 Å². The van der Waals surface area contributed by atoms with Crippen molar-refractivity contribution in [3.63, 3.8) is 0 Å². The van der Waals surface area contributed by atoms with Gasteiger partial charge in [0.05, 0.1) is 13.2 Å². The smallest absolute Gasteiger partial charge is 0.115 e. The Morgan fingerprint density at radius 1 is 0.720 bits per heavy atom. The molecule has 1 heterocycles. The Balaban J connectivity index is 0. The van der Waals surface area contributed by atoms with Crippen molar-refractivity contribution >= 4 is 0 Å². The first kappa shape index (κ1) is 26.7. The third kappa shape index (κ3) is 5.73. The minimum Gasteiger partial charge on any atom is -0.412 e. The highest BCUT2D eigenvalue weighted by atomic mass is 16.6. The Kier molecular flexibility index (Phi) is 12.0. The quantitative estimate of drug-likeness (QED) is 0.198. The van der Waals surface area contributed by atoms with E-state index in [-0.39, 0.29) is 11.0 Å². The molecule has 14 N–H and O–H groups in total. The largest absolute Gasteiger partial charge is 0.412 e. The van der Waals surface area contributed by atoms with Crippen LogP contribution in [0.1, 0.15) is 0 Å². The zero-order chi connectivity index (χ0) is 17.9. The lowest BCUT2D eigenvalue weighted by molar-refractivity contribution is -0.264. The van der Waals surface area contributed by atoms with Crippen molar-refractivity contribution in [1.82, 2.24) is 0 Å². The highest BCUT2D eigenvalue weighted by Crippen LogP contribution is 2.25. The number of rotatable bonds is 7. The fraction of sp³-hybridized carbons (Fsp3) is 1.00. The molecule has 1 aliphatic heterocycles. The van der Waals surface area contributed by atoms with Crippen LogP contribution >= 0.6 is 0 Å². The van der Waals surface area contributed by atoms with Gasteiger partial charge in [0, 0.05) is 0 Å². The maximum atomic E-state index is 9.98. The Bertz CT molecular complexity index is 356. The average molecular weight is 380 g/mol. The number of aliphatic hydroxyl groups excluding tert-OH is 10. The first-order valence-electron chi connectivity index (χ1n) is 6.99. The molecule has 6 unspecified atom stereocenters. The van der Waals surface area contributed by atoms with Gasteiger partial charge < -0.3 is 66.8 Å². The number of ether oxygens (including phenoxy) is 1. The zero-order valence-corrected chi connectivity index (χ0v) is 13.1. The molecule has 0 bridgehead atoms. The van der Waals surface area contributed by atoms with Crippen LogP contribution in [0.15, 0.2) is 0 Å². The molecule has 0 aliphatic carbocycles. The molecule has 1 saturated heterocycles. The van der Waals surface area contributed by atoms with E-state index in [1.54, 1.807) is 0 Å². The van der Waals surface area contributed by atoms with Crippen LogP contribution < -0.4 is 0 Å². The van der Waals surface area contributed by atoms with Crippen LogP contribution in [0.25, 0.3) is 0 Å². The molecule has 0 amide bonds. The van der Waals surface area contributed by atoms with Gasteiger partial charge in [-0.2, -0.15) is 0 Å². The fourth-order valence-electron chi connectivity index (χ4n) is 2.35. The first-order chi connectivity index (χ1) is 10.7. The summed E-state index contributed by atoms with van der Waals surface area (Å²) in [4.78, 5) is 0. The summed E-state index contributed by atoms with van der Waals surface area (Å²) in [5, 5.41) is 94.9. The molecule has 13 nitrogen and oxygen atoms in total. The van der Waals surface area contributed by atoms with Crippen molar-refractivity contribution in [2.24, 2.45) is 0 Å². The van der Waals surface area contributed by atoms with Gasteiger partial charge in [-0.15, -0.1) is 0 Å². The van der Waals surface area contributed by atoms with Gasteiger partial charge in [-0.1, -0.05) is 0 Å². The lowest BCUT2D eigenvalue weighted by Crippen LogP contribution is -2.64. The van der Waals surface area contributed by atoms with Gasteiger partial charge in [-0.25, -0.2) is 0 Å². The standard InChI is InChI=1S/C12H24O11.2H2O/c13-1-3(15)5(16)7(18)9(20)11(22)12-10(21)8(19)6(17)4(2-14)23-12;;/h3-22H,1-2H2;2*1H2/t3?,4-,5?,6-,7?,8+,9?,10-,11?,12?;;/m1../s1. The van der Waals surface area contributed by atoms with Crippen LogP contribution in [0.2, 0.25) is 0 Å². The van der Waals surface area contributed by atoms with E-state index in [0.29, 0.717) is 0 Å². The molecular formula is C12H28O13. The second-order valence-corrected chi connectivity index (χ2v) is 5.51. The van der Waals surface area contributed by atoms with Crippen LogP contribution in [0, 0.1) is 0 Å². The predicted molar refractivity (Wildman–Crippen MR) is 78.1 cm³/mol. The number of aliphatic hydroxyl groups is 10. The summed E-state index contributed by atoms with van der Waals surface area (Å²) in [6, 6.07) is 0. The van der Waals surface area contributed by atoms with Gasteiger partial charge >= 0.3 is 0 Å². The number of hydrogen-bond acceptors (Lipinski definition) is 11. The fourth-order valence-corrected chi connectivity index (χ4v) is 2.35. The molecule has 0 aromatic carbocycles. The van der Waals surface area contributed by atoms with Crippen LogP contribution in [0.4, 0.5) is 0 Å². The Labute approximate surface area is 142 Å². The predicted octanol–water partition coefficient (Wildman–Crippen LogP) is -8.02. The SMILES string of the molecule is O.O.OCC(O)C(O)C(O)C(O)C(O)C1O[C@H](CO)[C@@H](O)[C@H](O)[C@H]1O. The molecule has 0 saturated carbocycles. The first-order valence-corrected chi connectivity index (χ1v) is 6.99. The Morgan fingerprint density at radius 2 is 1.24 bits per heavy atom. The van der Waals surface area contributed by atoms with Crippen molar-refractivity contribution in [2.75, 3.05) is 13.2 Å².